The summed E-state index contributed by atoms with van der Waals surface area (Å²) >= 11 is 0. The first-order chi connectivity index (χ1) is 6.34. The second-order valence-corrected chi connectivity index (χ2v) is 2.23. The van der Waals surface area contributed by atoms with Crippen molar-refractivity contribution in [2.45, 2.75) is 20.0 Å². The molecule has 0 aliphatic carbocycles. The minimum atomic E-state index is -2.01. The van der Waals surface area contributed by atoms with Crippen molar-refractivity contribution in [1.82, 2.24) is 0 Å². The molecule has 0 spiro atoms. The van der Waals surface area contributed by atoms with E-state index in [2.05, 4.69) is 9.57 Å². The van der Waals surface area contributed by atoms with Gasteiger partial charge in [0.25, 0.3) is 11.2 Å². The van der Waals surface area contributed by atoms with Crippen molar-refractivity contribution in [2.75, 3.05) is 0 Å². The summed E-state index contributed by atoms with van der Waals surface area (Å²) in [6.45, 7) is 1.82. The summed E-state index contributed by atoms with van der Waals surface area (Å²) in [7, 11) is 0. The Morgan fingerprint density at radius 3 is 2.07 bits per heavy atom. The van der Waals surface area contributed by atoms with Crippen molar-refractivity contribution in [1.29, 1.82) is 0 Å². The van der Waals surface area contributed by atoms with Crippen molar-refractivity contribution in [3.8, 4) is 0 Å². The van der Waals surface area contributed by atoms with Crippen molar-refractivity contribution in [2.24, 2.45) is 0 Å². The lowest BCUT2D eigenvalue weighted by Crippen LogP contribution is -2.35. The quantitative estimate of drug-likeness (QED) is 0.256. The lowest BCUT2D eigenvalue weighted by Gasteiger charge is -2.08. The van der Waals surface area contributed by atoms with Crippen LogP contribution < -0.4 is 0 Å². The van der Waals surface area contributed by atoms with E-state index in [1.54, 1.807) is 0 Å². The third-order valence-corrected chi connectivity index (χ3v) is 1.02. The van der Waals surface area contributed by atoms with Gasteiger partial charge >= 0.3 is 11.9 Å². The second kappa shape index (κ2) is 4.90. The maximum atomic E-state index is 10.8. The first-order valence-corrected chi connectivity index (χ1v) is 3.38. The number of nitrogens with zero attached hydrogens (tertiary/aromatic N) is 1. The minimum absolute atomic E-state index is 0.898. The first-order valence-electron chi connectivity index (χ1n) is 3.38. The third kappa shape index (κ3) is 4.14. The van der Waals surface area contributed by atoms with Crippen LogP contribution in [0.3, 0.4) is 0 Å². The van der Waals surface area contributed by atoms with Gasteiger partial charge in [0.2, 0.25) is 0 Å². The Morgan fingerprint density at radius 1 is 1.29 bits per heavy atom. The van der Waals surface area contributed by atoms with Gasteiger partial charge < -0.3 is 4.74 Å². The van der Waals surface area contributed by atoms with Gasteiger partial charge in [-0.2, -0.15) is 0 Å². The predicted molar refractivity (Wildman–Crippen MR) is 39.3 cm³/mol. The molecular formula is C6H7NO7. The van der Waals surface area contributed by atoms with Crippen molar-refractivity contribution in [3.63, 3.8) is 0 Å². The largest absolute Gasteiger partial charge is 0.391 e. The van der Waals surface area contributed by atoms with Crippen LogP contribution in [0.15, 0.2) is 0 Å². The highest BCUT2D eigenvalue weighted by atomic mass is 17.0. The number of ether oxygens (including phenoxy) is 1. The molecule has 0 aliphatic rings. The van der Waals surface area contributed by atoms with Crippen LogP contribution in [0.25, 0.3) is 0 Å². The summed E-state index contributed by atoms with van der Waals surface area (Å²) in [5.41, 5.74) is 0. The van der Waals surface area contributed by atoms with Crippen LogP contribution in [0.1, 0.15) is 13.8 Å². The summed E-state index contributed by atoms with van der Waals surface area (Å²) in [6, 6.07) is 0. The molecule has 8 nitrogen and oxygen atoms in total. The summed E-state index contributed by atoms with van der Waals surface area (Å²) in [5, 5.41) is 8.53. The SMILES string of the molecule is CC(=O)OC(=O)C(O[N+](=O)[O-])C(C)=O. The van der Waals surface area contributed by atoms with Crippen LogP contribution in [0, 0.1) is 10.1 Å². The van der Waals surface area contributed by atoms with Gasteiger partial charge in [0.05, 0.1) is 0 Å². The second-order valence-electron chi connectivity index (χ2n) is 2.23. The van der Waals surface area contributed by atoms with E-state index in [1.807, 2.05) is 0 Å². The van der Waals surface area contributed by atoms with E-state index in [-0.39, 0.29) is 0 Å². The van der Waals surface area contributed by atoms with Gasteiger partial charge in [-0.05, 0) is 6.92 Å². The van der Waals surface area contributed by atoms with Crippen LogP contribution in [0.5, 0.6) is 0 Å². The number of esters is 2. The molecule has 0 heterocycles. The Labute approximate surface area is 77.9 Å². The molecule has 0 aromatic carbocycles. The molecule has 0 aromatic heterocycles. The maximum absolute atomic E-state index is 10.8. The Bertz CT molecular complexity index is 284. The minimum Gasteiger partial charge on any atom is -0.391 e. The Kier molecular flexibility index (Phi) is 4.20. The molecular weight excluding hydrogens is 198 g/mol. The van der Waals surface area contributed by atoms with Gasteiger partial charge in [0, 0.05) is 6.92 Å². The molecule has 0 aliphatic heterocycles. The first kappa shape index (κ1) is 12.0. The molecule has 0 saturated heterocycles. The summed E-state index contributed by atoms with van der Waals surface area (Å²) in [6.07, 6.45) is -2.01. The number of carbonyl (C=O) groups excluding carboxylic acids is 3. The number of rotatable bonds is 4. The van der Waals surface area contributed by atoms with Crippen LogP contribution >= 0.6 is 0 Å². The van der Waals surface area contributed by atoms with E-state index in [0.717, 1.165) is 13.8 Å². The van der Waals surface area contributed by atoms with Gasteiger partial charge in [0.1, 0.15) is 0 Å². The van der Waals surface area contributed by atoms with E-state index in [0.29, 0.717) is 0 Å². The molecule has 0 saturated carbocycles. The molecule has 8 heteroatoms. The fourth-order valence-corrected chi connectivity index (χ4v) is 0.564. The molecule has 14 heavy (non-hydrogen) atoms. The van der Waals surface area contributed by atoms with Gasteiger partial charge in [-0.25, -0.2) is 4.79 Å². The molecule has 0 amide bonds. The van der Waals surface area contributed by atoms with E-state index in [9.17, 15) is 24.5 Å². The monoisotopic (exact) mass is 205 g/mol. The van der Waals surface area contributed by atoms with Crippen molar-refractivity contribution in [3.05, 3.63) is 10.1 Å². The van der Waals surface area contributed by atoms with Gasteiger partial charge in [0.15, 0.2) is 5.78 Å². The number of ketones is 1. The highest BCUT2D eigenvalue weighted by Gasteiger charge is 2.30. The van der Waals surface area contributed by atoms with Crippen molar-refractivity contribution >= 4 is 17.7 Å². The lowest BCUT2D eigenvalue weighted by atomic mass is 10.2. The van der Waals surface area contributed by atoms with Crippen LogP contribution in [-0.2, 0) is 24.0 Å². The fraction of sp³-hybridized carbons (Fsp3) is 0.500. The van der Waals surface area contributed by atoms with Gasteiger partial charge in [-0.1, -0.05) is 0 Å². The molecule has 0 fully saturated rings. The molecule has 0 rings (SSSR count). The number of hydrogen-bond acceptors (Lipinski definition) is 7. The van der Waals surface area contributed by atoms with E-state index in [1.165, 1.54) is 0 Å². The van der Waals surface area contributed by atoms with Crippen molar-refractivity contribution < 1.29 is 29.0 Å². The maximum Gasteiger partial charge on any atom is 0.350 e. The summed E-state index contributed by atoms with van der Waals surface area (Å²) < 4.78 is 3.95. The molecule has 1 atom stereocenters. The zero-order chi connectivity index (χ0) is 11.3. The molecule has 0 N–H and O–H groups in total. The van der Waals surface area contributed by atoms with Crippen LogP contribution in [0.4, 0.5) is 0 Å². The average Bonchev–Trinajstić information content (AvgIpc) is 1.97. The standard InChI is InChI=1S/C6H7NO7/c1-3(8)5(14-7(11)12)6(10)13-4(2)9/h5H,1-2H3. The van der Waals surface area contributed by atoms with E-state index < -0.39 is 28.9 Å². The van der Waals surface area contributed by atoms with E-state index in [4.69, 9.17) is 0 Å². The average molecular weight is 205 g/mol. The smallest absolute Gasteiger partial charge is 0.350 e. The molecule has 0 aromatic rings. The zero-order valence-electron chi connectivity index (χ0n) is 7.38. The molecule has 0 radical (unpaired) electrons. The molecule has 78 valence electrons. The van der Waals surface area contributed by atoms with Crippen LogP contribution in [-0.4, -0.2) is 28.9 Å². The van der Waals surface area contributed by atoms with Crippen LogP contribution in [0.2, 0.25) is 0 Å². The van der Waals surface area contributed by atoms with Gasteiger partial charge in [-0.15, -0.1) is 10.1 Å². The Balaban J connectivity index is 4.49. The predicted octanol–water partition coefficient (Wildman–Crippen LogP) is -0.758. The summed E-state index contributed by atoms with van der Waals surface area (Å²) in [5.74, 6) is -3.30. The summed E-state index contributed by atoms with van der Waals surface area (Å²) in [4.78, 5) is 45.3. The fourth-order valence-electron chi connectivity index (χ4n) is 0.564. The zero-order valence-corrected chi connectivity index (χ0v) is 7.38. The Hall–Kier alpha value is -1.99. The highest BCUT2D eigenvalue weighted by molar-refractivity contribution is 6.03. The highest BCUT2D eigenvalue weighted by Crippen LogP contribution is 1.98. The number of carbonyl (C=O) groups is 3. The topological polar surface area (TPSA) is 113 Å². The van der Waals surface area contributed by atoms with E-state index >= 15 is 0 Å². The number of hydrogen-bond donors (Lipinski definition) is 0. The normalized spacial score (nSPS) is 11.3. The number of Topliss-reactive ketones (excluding diaryl/α,β-unsaturated/α-hetero) is 1. The molecule has 1 unspecified atom stereocenters. The molecule has 0 bridgehead atoms. The van der Waals surface area contributed by atoms with Gasteiger partial charge in [-0.3, -0.25) is 14.4 Å². The third-order valence-electron chi connectivity index (χ3n) is 1.02. The Morgan fingerprint density at radius 2 is 1.79 bits per heavy atom. The lowest BCUT2D eigenvalue weighted by molar-refractivity contribution is -0.760.